The predicted octanol–water partition coefficient (Wildman–Crippen LogP) is 0.704. The highest BCUT2D eigenvalue weighted by molar-refractivity contribution is 5.75. The molecule has 4 N–H and O–H groups in total. The molecule has 4 nitrogen and oxygen atoms in total. The van der Waals surface area contributed by atoms with Crippen LogP contribution in [0.5, 0.6) is 0 Å². The maximum Gasteiger partial charge on any atom is 0.321 e. The van der Waals surface area contributed by atoms with Crippen LogP contribution in [0.2, 0.25) is 0 Å². The minimum atomic E-state index is -0.986. The summed E-state index contributed by atoms with van der Waals surface area (Å²) in [4.78, 5) is 13.7. The summed E-state index contributed by atoms with van der Waals surface area (Å²) in [6, 6.07) is 2.76. The van der Waals surface area contributed by atoms with Crippen molar-refractivity contribution in [3.63, 3.8) is 0 Å². The summed E-state index contributed by atoms with van der Waals surface area (Å²) in [6.07, 6.45) is 1.76. The molecule has 4 heteroatoms. The normalized spacial score (nSPS) is 14.1. The second-order valence-corrected chi connectivity index (χ2v) is 3.62. The van der Waals surface area contributed by atoms with Crippen molar-refractivity contribution >= 4 is 5.97 Å². The predicted molar refractivity (Wildman–Crippen MR) is 49.4 cm³/mol. The number of carbonyl (C=O) groups is 1. The van der Waals surface area contributed by atoms with E-state index >= 15 is 0 Å². The quantitative estimate of drug-likeness (QED) is 0.644. The van der Waals surface area contributed by atoms with Gasteiger partial charge in [0.05, 0.1) is 0 Å². The lowest BCUT2D eigenvalue weighted by Crippen LogP contribution is -2.47. The zero-order valence-corrected chi connectivity index (χ0v) is 7.74. The number of aromatic nitrogens is 1. The van der Waals surface area contributed by atoms with Crippen LogP contribution >= 0.6 is 0 Å². The van der Waals surface area contributed by atoms with Gasteiger partial charge in [0.2, 0.25) is 0 Å². The van der Waals surface area contributed by atoms with Crippen LogP contribution in [0.1, 0.15) is 19.5 Å². The van der Waals surface area contributed by atoms with Crippen LogP contribution in [0.25, 0.3) is 0 Å². The van der Waals surface area contributed by atoms with Gasteiger partial charge in [0.1, 0.15) is 6.04 Å². The molecule has 0 amide bonds. The van der Waals surface area contributed by atoms with Crippen molar-refractivity contribution in [2.24, 2.45) is 5.73 Å². The molecule has 0 fully saturated rings. The third-order valence-electron chi connectivity index (χ3n) is 2.34. The molecule has 0 aliphatic carbocycles. The monoisotopic (exact) mass is 182 g/mol. The van der Waals surface area contributed by atoms with Gasteiger partial charge in [-0.1, -0.05) is 13.8 Å². The Bertz CT molecular complexity index is 291. The summed E-state index contributed by atoms with van der Waals surface area (Å²) in [5.74, 6) is -0.986. The van der Waals surface area contributed by atoms with Gasteiger partial charge in [-0.3, -0.25) is 4.79 Å². The van der Waals surface area contributed by atoms with E-state index in [2.05, 4.69) is 4.98 Å². The number of rotatable bonds is 3. The van der Waals surface area contributed by atoms with Gasteiger partial charge in [0.15, 0.2) is 0 Å². The maximum atomic E-state index is 10.7. The number of hydrogen-bond acceptors (Lipinski definition) is 2. The van der Waals surface area contributed by atoms with E-state index in [1.807, 2.05) is 12.1 Å². The van der Waals surface area contributed by atoms with Crippen LogP contribution in [0.4, 0.5) is 0 Å². The first-order chi connectivity index (χ1) is 5.96. The molecule has 1 atom stereocenters. The van der Waals surface area contributed by atoms with Crippen LogP contribution in [-0.4, -0.2) is 22.1 Å². The molecule has 0 radical (unpaired) electrons. The number of aromatic amines is 1. The molecule has 1 heterocycles. The minimum absolute atomic E-state index is 0.574. The third kappa shape index (κ3) is 1.72. The number of nitrogens with two attached hydrogens (primary N) is 1. The van der Waals surface area contributed by atoms with Crippen molar-refractivity contribution in [2.45, 2.75) is 25.3 Å². The van der Waals surface area contributed by atoms with Crippen LogP contribution in [0.3, 0.4) is 0 Å². The molecule has 1 rings (SSSR count). The zero-order chi connectivity index (χ0) is 10.1. The molecule has 1 unspecified atom stereocenters. The molecule has 1 aromatic heterocycles. The number of nitrogens with one attached hydrogen (secondary N) is 1. The fourth-order valence-corrected chi connectivity index (χ4v) is 1.21. The van der Waals surface area contributed by atoms with Gasteiger partial charge in [-0.25, -0.2) is 0 Å². The summed E-state index contributed by atoms with van der Waals surface area (Å²) >= 11 is 0. The zero-order valence-electron chi connectivity index (χ0n) is 7.74. The summed E-state index contributed by atoms with van der Waals surface area (Å²) in [5.41, 5.74) is 5.83. The highest BCUT2D eigenvalue weighted by Gasteiger charge is 2.34. The summed E-state index contributed by atoms with van der Waals surface area (Å²) in [6.45, 7) is 3.61. The standard InChI is InChI=1S/C9H14N2O2/c1-9(2,7(10)8(12)13)6-4-3-5-11-6/h3-5,7,11H,10H2,1-2H3,(H,12,13). The number of H-pyrrole nitrogens is 1. The van der Waals surface area contributed by atoms with Crippen molar-refractivity contribution in [3.8, 4) is 0 Å². The van der Waals surface area contributed by atoms with Crippen molar-refractivity contribution in [1.82, 2.24) is 4.98 Å². The molecule has 72 valence electrons. The Labute approximate surface area is 76.8 Å². The molecule has 0 bridgehead atoms. The van der Waals surface area contributed by atoms with Crippen LogP contribution in [0, 0.1) is 0 Å². The van der Waals surface area contributed by atoms with E-state index in [-0.39, 0.29) is 0 Å². The van der Waals surface area contributed by atoms with Gasteiger partial charge < -0.3 is 15.8 Å². The second kappa shape index (κ2) is 3.22. The number of carboxylic acids is 1. The van der Waals surface area contributed by atoms with E-state index in [4.69, 9.17) is 10.8 Å². The topological polar surface area (TPSA) is 79.1 Å². The Balaban J connectivity index is 2.95. The minimum Gasteiger partial charge on any atom is -0.480 e. The lowest BCUT2D eigenvalue weighted by molar-refractivity contribution is -0.140. The third-order valence-corrected chi connectivity index (χ3v) is 2.34. The van der Waals surface area contributed by atoms with E-state index in [0.29, 0.717) is 0 Å². The van der Waals surface area contributed by atoms with Gasteiger partial charge in [-0.05, 0) is 12.1 Å². The molecular formula is C9H14N2O2. The van der Waals surface area contributed by atoms with Crippen molar-refractivity contribution in [3.05, 3.63) is 24.0 Å². The Morgan fingerprint density at radius 2 is 2.31 bits per heavy atom. The van der Waals surface area contributed by atoms with Crippen molar-refractivity contribution < 1.29 is 9.90 Å². The van der Waals surface area contributed by atoms with E-state index in [1.165, 1.54) is 0 Å². The second-order valence-electron chi connectivity index (χ2n) is 3.62. The molecular weight excluding hydrogens is 168 g/mol. The first-order valence-electron chi connectivity index (χ1n) is 4.08. The molecule has 0 aliphatic rings. The summed E-state index contributed by atoms with van der Waals surface area (Å²) in [7, 11) is 0. The van der Waals surface area contributed by atoms with Gasteiger partial charge >= 0.3 is 5.97 Å². The first-order valence-corrected chi connectivity index (χ1v) is 4.08. The molecule has 0 spiro atoms. The van der Waals surface area contributed by atoms with E-state index in [1.54, 1.807) is 20.0 Å². The molecule has 0 aromatic carbocycles. The summed E-state index contributed by atoms with van der Waals surface area (Å²) in [5, 5.41) is 8.78. The van der Waals surface area contributed by atoms with Gasteiger partial charge in [0.25, 0.3) is 0 Å². The first kappa shape index (κ1) is 9.80. The van der Waals surface area contributed by atoms with E-state index in [0.717, 1.165) is 5.69 Å². The van der Waals surface area contributed by atoms with Crippen LogP contribution in [-0.2, 0) is 10.2 Å². The molecule has 0 saturated heterocycles. The Morgan fingerprint density at radius 3 is 2.69 bits per heavy atom. The van der Waals surface area contributed by atoms with E-state index < -0.39 is 17.4 Å². The SMILES string of the molecule is CC(C)(c1ccc[nH]1)C(N)C(=O)O. The number of carboxylic acid groups (broad SMARTS) is 1. The summed E-state index contributed by atoms with van der Waals surface area (Å²) < 4.78 is 0. The van der Waals surface area contributed by atoms with Crippen LogP contribution in [0.15, 0.2) is 18.3 Å². The average molecular weight is 182 g/mol. The number of aliphatic carboxylic acids is 1. The van der Waals surface area contributed by atoms with Crippen molar-refractivity contribution in [2.75, 3.05) is 0 Å². The number of hydrogen-bond donors (Lipinski definition) is 3. The Kier molecular flexibility index (Phi) is 2.43. The molecule has 0 saturated carbocycles. The molecule has 0 aliphatic heterocycles. The van der Waals surface area contributed by atoms with Gasteiger partial charge in [0, 0.05) is 17.3 Å². The lowest BCUT2D eigenvalue weighted by Gasteiger charge is -2.27. The average Bonchev–Trinajstić information content (AvgIpc) is 2.54. The molecule has 1 aromatic rings. The maximum absolute atomic E-state index is 10.7. The lowest BCUT2D eigenvalue weighted by atomic mass is 9.82. The Morgan fingerprint density at radius 1 is 1.69 bits per heavy atom. The fraction of sp³-hybridized carbons (Fsp3) is 0.444. The highest BCUT2D eigenvalue weighted by Crippen LogP contribution is 2.24. The fourth-order valence-electron chi connectivity index (χ4n) is 1.21. The van der Waals surface area contributed by atoms with Gasteiger partial charge in [-0.2, -0.15) is 0 Å². The van der Waals surface area contributed by atoms with E-state index in [9.17, 15) is 4.79 Å². The van der Waals surface area contributed by atoms with Crippen LogP contribution < -0.4 is 5.73 Å². The largest absolute Gasteiger partial charge is 0.480 e. The smallest absolute Gasteiger partial charge is 0.321 e. The van der Waals surface area contributed by atoms with Gasteiger partial charge in [-0.15, -0.1) is 0 Å². The Hall–Kier alpha value is -1.29. The van der Waals surface area contributed by atoms with Crippen molar-refractivity contribution in [1.29, 1.82) is 0 Å². The molecule has 13 heavy (non-hydrogen) atoms. The highest BCUT2D eigenvalue weighted by atomic mass is 16.4.